The summed E-state index contributed by atoms with van der Waals surface area (Å²) in [6.45, 7) is 2.25. The molecule has 172 valence electrons. The van der Waals surface area contributed by atoms with Gasteiger partial charge >= 0.3 is 6.18 Å². The second-order valence-corrected chi connectivity index (χ2v) is 8.01. The molecule has 3 heterocycles. The topological polar surface area (TPSA) is 85.2 Å². The van der Waals surface area contributed by atoms with Crippen molar-refractivity contribution in [1.82, 2.24) is 35.2 Å². The minimum Gasteiger partial charge on any atom is -0.308 e. The Kier molecular flexibility index (Phi) is 5.56. The SMILES string of the molecule is Cc1ccnc2c1nc(CCC(F)(F)F)n2Cc1ccc(-c2ccccc2-c2nn[nH]n2)cc1. The highest BCUT2D eigenvalue weighted by Gasteiger charge is 2.28. The van der Waals surface area contributed by atoms with Crippen molar-refractivity contribution in [1.29, 1.82) is 0 Å². The minimum atomic E-state index is -4.25. The highest BCUT2D eigenvalue weighted by atomic mass is 19.4. The van der Waals surface area contributed by atoms with Crippen molar-refractivity contribution in [3.63, 3.8) is 0 Å². The third kappa shape index (κ3) is 4.39. The van der Waals surface area contributed by atoms with Crippen LogP contribution in [0.5, 0.6) is 0 Å². The summed E-state index contributed by atoms with van der Waals surface area (Å²) < 4.78 is 40.5. The molecule has 0 radical (unpaired) electrons. The van der Waals surface area contributed by atoms with E-state index in [-0.39, 0.29) is 6.42 Å². The molecule has 0 bridgehead atoms. The molecule has 7 nitrogen and oxygen atoms in total. The van der Waals surface area contributed by atoms with Crippen LogP contribution in [0.25, 0.3) is 33.7 Å². The number of imidazole rings is 1. The molecule has 0 spiro atoms. The van der Waals surface area contributed by atoms with Crippen molar-refractivity contribution in [3.05, 3.63) is 77.7 Å². The maximum atomic E-state index is 12.9. The van der Waals surface area contributed by atoms with Gasteiger partial charge in [0.25, 0.3) is 0 Å². The Hall–Kier alpha value is -4.08. The molecule has 0 aliphatic rings. The zero-order chi connectivity index (χ0) is 23.7. The molecule has 0 aliphatic carbocycles. The lowest BCUT2D eigenvalue weighted by Gasteiger charge is -2.12. The first-order valence-corrected chi connectivity index (χ1v) is 10.7. The number of aromatic nitrogens is 7. The lowest BCUT2D eigenvalue weighted by molar-refractivity contribution is -0.134. The average molecular weight is 463 g/mol. The van der Waals surface area contributed by atoms with Crippen LogP contribution in [-0.4, -0.2) is 41.3 Å². The van der Waals surface area contributed by atoms with Crippen LogP contribution in [-0.2, 0) is 13.0 Å². The second kappa shape index (κ2) is 8.69. The van der Waals surface area contributed by atoms with Crippen molar-refractivity contribution < 1.29 is 13.2 Å². The van der Waals surface area contributed by atoms with Crippen molar-refractivity contribution in [2.45, 2.75) is 32.5 Å². The molecule has 0 unspecified atom stereocenters. The lowest BCUT2D eigenvalue weighted by Crippen LogP contribution is -2.12. The fourth-order valence-corrected chi connectivity index (χ4v) is 3.97. The number of aryl methyl sites for hydroxylation is 2. The number of benzene rings is 2. The Balaban J connectivity index is 1.47. The van der Waals surface area contributed by atoms with Crippen LogP contribution < -0.4 is 0 Å². The molecule has 0 saturated carbocycles. The van der Waals surface area contributed by atoms with Crippen LogP contribution in [0.2, 0.25) is 0 Å². The maximum Gasteiger partial charge on any atom is 0.389 e. The van der Waals surface area contributed by atoms with E-state index in [1.807, 2.05) is 61.5 Å². The third-order valence-corrected chi connectivity index (χ3v) is 5.67. The Morgan fingerprint density at radius 1 is 0.971 bits per heavy atom. The van der Waals surface area contributed by atoms with Crippen molar-refractivity contribution in [2.24, 2.45) is 0 Å². The van der Waals surface area contributed by atoms with Gasteiger partial charge in [0, 0.05) is 18.2 Å². The number of rotatable bonds is 6. The summed E-state index contributed by atoms with van der Waals surface area (Å²) in [6.07, 6.45) is -3.73. The first-order chi connectivity index (χ1) is 16.4. The molecule has 0 amide bonds. The smallest absolute Gasteiger partial charge is 0.308 e. The predicted octanol–water partition coefficient (Wildman–Crippen LogP) is 5.13. The zero-order valence-electron chi connectivity index (χ0n) is 18.2. The molecular formula is C24H20F3N7. The highest BCUT2D eigenvalue weighted by molar-refractivity contribution is 5.80. The Bertz CT molecular complexity index is 1420. The average Bonchev–Trinajstić information content (AvgIpc) is 3.47. The summed E-state index contributed by atoms with van der Waals surface area (Å²) >= 11 is 0. The van der Waals surface area contributed by atoms with Gasteiger partial charge < -0.3 is 4.57 Å². The predicted molar refractivity (Wildman–Crippen MR) is 121 cm³/mol. The summed E-state index contributed by atoms with van der Waals surface area (Å²) in [5, 5.41) is 14.3. The van der Waals surface area contributed by atoms with Gasteiger partial charge in [-0.2, -0.15) is 18.4 Å². The van der Waals surface area contributed by atoms with Gasteiger partial charge in [0.1, 0.15) is 11.3 Å². The molecule has 3 aromatic heterocycles. The molecule has 5 rings (SSSR count). The summed E-state index contributed by atoms with van der Waals surface area (Å²) in [5.74, 6) is 0.876. The number of tetrazole rings is 1. The Morgan fingerprint density at radius 2 is 1.74 bits per heavy atom. The van der Waals surface area contributed by atoms with Gasteiger partial charge in [-0.1, -0.05) is 48.5 Å². The molecule has 1 N–H and O–H groups in total. The van der Waals surface area contributed by atoms with Gasteiger partial charge in [0.05, 0.1) is 13.0 Å². The summed E-state index contributed by atoms with van der Waals surface area (Å²) in [5.41, 5.74) is 5.78. The second-order valence-electron chi connectivity index (χ2n) is 8.01. The zero-order valence-corrected chi connectivity index (χ0v) is 18.2. The summed E-state index contributed by atoms with van der Waals surface area (Å²) in [4.78, 5) is 8.90. The van der Waals surface area contributed by atoms with E-state index in [1.54, 1.807) is 10.8 Å². The van der Waals surface area contributed by atoms with Gasteiger partial charge in [0.15, 0.2) is 5.65 Å². The third-order valence-electron chi connectivity index (χ3n) is 5.67. The monoisotopic (exact) mass is 463 g/mol. The standard InChI is InChI=1S/C24H20F3N7/c1-15-11-13-28-23-21(15)29-20(10-12-24(25,26)27)34(23)14-16-6-8-17(9-7-16)18-4-2-3-5-19(18)22-30-32-33-31-22/h2-9,11,13H,10,12,14H2,1H3,(H,30,31,32,33). The molecular weight excluding hydrogens is 443 g/mol. The largest absolute Gasteiger partial charge is 0.389 e. The highest BCUT2D eigenvalue weighted by Crippen LogP contribution is 2.30. The van der Waals surface area contributed by atoms with Crippen LogP contribution in [0, 0.1) is 6.92 Å². The molecule has 10 heteroatoms. The fraction of sp³-hybridized carbons (Fsp3) is 0.208. The maximum absolute atomic E-state index is 12.9. The fourth-order valence-electron chi connectivity index (χ4n) is 3.97. The van der Waals surface area contributed by atoms with Crippen molar-refractivity contribution >= 4 is 11.2 Å². The number of alkyl halides is 3. The number of halogens is 3. The van der Waals surface area contributed by atoms with Gasteiger partial charge in [-0.25, -0.2) is 9.97 Å². The van der Waals surface area contributed by atoms with Crippen LogP contribution >= 0.6 is 0 Å². The van der Waals surface area contributed by atoms with Crippen LogP contribution in [0.4, 0.5) is 13.2 Å². The number of aromatic amines is 1. The molecule has 0 saturated heterocycles. The quantitative estimate of drug-likeness (QED) is 0.377. The number of pyridine rings is 1. The minimum absolute atomic E-state index is 0.199. The van der Waals surface area contributed by atoms with Crippen LogP contribution in [0.3, 0.4) is 0 Å². The van der Waals surface area contributed by atoms with Crippen molar-refractivity contribution in [3.8, 4) is 22.5 Å². The van der Waals surface area contributed by atoms with Gasteiger partial charge in [-0.3, -0.25) is 0 Å². The van der Waals surface area contributed by atoms with E-state index in [9.17, 15) is 13.2 Å². The number of hydrogen-bond donors (Lipinski definition) is 1. The van der Waals surface area contributed by atoms with E-state index >= 15 is 0 Å². The van der Waals surface area contributed by atoms with Gasteiger partial charge in [-0.05, 0) is 40.5 Å². The van der Waals surface area contributed by atoms with E-state index < -0.39 is 12.6 Å². The number of H-pyrrole nitrogens is 1. The number of hydrogen-bond acceptors (Lipinski definition) is 5. The first-order valence-electron chi connectivity index (χ1n) is 10.7. The lowest BCUT2D eigenvalue weighted by atomic mass is 9.98. The van der Waals surface area contributed by atoms with E-state index in [4.69, 9.17) is 0 Å². The number of fused-ring (bicyclic) bond motifs is 1. The first kappa shape index (κ1) is 21.7. The normalized spacial score (nSPS) is 11.9. The Morgan fingerprint density at radius 3 is 2.44 bits per heavy atom. The van der Waals surface area contributed by atoms with E-state index in [1.165, 1.54) is 0 Å². The molecule has 0 aliphatic heterocycles. The van der Waals surface area contributed by atoms with E-state index in [2.05, 4.69) is 30.6 Å². The van der Waals surface area contributed by atoms with Crippen molar-refractivity contribution in [2.75, 3.05) is 0 Å². The summed E-state index contributed by atoms with van der Waals surface area (Å²) in [6, 6.07) is 17.4. The van der Waals surface area contributed by atoms with Gasteiger partial charge in [0.2, 0.25) is 5.82 Å². The Labute approximate surface area is 192 Å². The molecule has 5 aromatic rings. The molecule has 0 fully saturated rings. The van der Waals surface area contributed by atoms with E-state index in [0.717, 1.165) is 27.8 Å². The van der Waals surface area contributed by atoms with Crippen LogP contribution in [0.1, 0.15) is 23.4 Å². The van der Waals surface area contributed by atoms with Gasteiger partial charge in [-0.15, -0.1) is 10.2 Å². The van der Waals surface area contributed by atoms with E-state index in [0.29, 0.717) is 29.4 Å². The molecule has 2 aromatic carbocycles. The number of nitrogens with one attached hydrogen (secondary N) is 1. The number of nitrogens with zero attached hydrogens (tertiary/aromatic N) is 6. The van der Waals surface area contributed by atoms with Crippen LogP contribution in [0.15, 0.2) is 60.8 Å². The molecule has 34 heavy (non-hydrogen) atoms. The molecule has 0 atom stereocenters. The summed E-state index contributed by atoms with van der Waals surface area (Å²) in [7, 11) is 0.